The van der Waals surface area contributed by atoms with Gasteiger partial charge in [0.15, 0.2) is 0 Å². The smallest absolute Gasteiger partial charge is 0.338 e. The van der Waals surface area contributed by atoms with Crippen LogP contribution in [0, 0.1) is 15.9 Å². The van der Waals surface area contributed by atoms with Crippen LogP contribution in [-0.4, -0.2) is 33.5 Å². The molecule has 1 aromatic carbocycles. The van der Waals surface area contributed by atoms with Crippen molar-refractivity contribution >= 4 is 29.1 Å². The van der Waals surface area contributed by atoms with E-state index in [4.69, 9.17) is 5.11 Å². The van der Waals surface area contributed by atoms with E-state index in [1.807, 2.05) is 6.26 Å². The molecule has 0 spiro atoms. The predicted molar refractivity (Wildman–Crippen MR) is 78.6 cm³/mol. The maximum atomic E-state index is 13.6. The van der Waals surface area contributed by atoms with Crippen molar-refractivity contribution in [1.82, 2.24) is 0 Å². The zero-order valence-corrected chi connectivity index (χ0v) is 12.2. The van der Waals surface area contributed by atoms with Gasteiger partial charge in [-0.25, -0.2) is 9.18 Å². The first-order chi connectivity index (χ1) is 9.92. The first-order valence-corrected chi connectivity index (χ1v) is 7.71. The Morgan fingerprint density at radius 1 is 1.52 bits per heavy atom. The summed E-state index contributed by atoms with van der Waals surface area (Å²) < 4.78 is 13.6. The van der Waals surface area contributed by atoms with Crippen LogP contribution in [0.1, 0.15) is 29.6 Å². The topological polar surface area (TPSA) is 92.5 Å². The van der Waals surface area contributed by atoms with Crippen LogP contribution in [0.4, 0.5) is 15.8 Å². The maximum absolute atomic E-state index is 13.6. The van der Waals surface area contributed by atoms with Gasteiger partial charge in [0, 0.05) is 11.3 Å². The van der Waals surface area contributed by atoms with Gasteiger partial charge in [-0.05, 0) is 31.6 Å². The van der Waals surface area contributed by atoms with E-state index in [-0.39, 0.29) is 11.7 Å². The van der Waals surface area contributed by atoms with Crippen LogP contribution < -0.4 is 5.32 Å². The number of aromatic carboxylic acids is 1. The molecular formula is C13H15FN2O4S. The van der Waals surface area contributed by atoms with Gasteiger partial charge in [0.1, 0.15) is 11.5 Å². The van der Waals surface area contributed by atoms with Gasteiger partial charge < -0.3 is 10.4 Å². The molecule has 0 bridgehead atoms. The van der Waals surface area contributed by atoms with Crippen LogP contribution in [-0.2, 0) is 0 Å². The van der Waals surface area contributed by atoms with Gasteiger partial charge in [-0.1, -0.05) is 0 Å². The molecular weight excluding hydrogens is 299 g/mol. The Bertz CT molecular complexity index is 582. The van der Waals surface area contributed by atoms with Gasteiger partial charge in [0.05, 0.1) is 16.6 Å². The Hall–Kier alpha value is -1.83. The summed E-state index contributed by atoms with van der Waals surface area (Å²) >= 11 is 1.74. The Morgan fingerprint density at radius 3 is 2.76 bits per heavy atom. The van der Waals surface area contributed by atoms with Gasteiger partial charge in [-0.15, -0.1) is 0 Å². The van der Waals surface area contributed by atoms with Crippen molar-refractivity contribution in [1.29, 1.82) is 0 Å². The van der Waals surface area contributed by atoms with E-state index in [2.05, 4.69) is 5.32 Å². The van der Waals surface area contributed by atoms with E-state index >= 15 is 0 Å². The van der Waals surface area contributed by atoms with E-state index in [1.54, 1.807) is 11.8 Å². The van der Waals surface area contributed by atoms with Crippen LogP contribution in [0.15, 0.2) is 12.1 Å². The molecule has 2 rings (SSSR count). The molecule has 21 heavy (non-hydrogen) atoms. The summed E-state index contributed by atoms with van der Waals surface area (Å²) in [5, 5.41) is 23.4. The lowest BCUT2D eigenvalue weighted by atomic mass is 10.1. The van der Waals surface area contributed by atoms with E-state index < -0.39 is 28.0 Å². The Kier molecular flexibility index (Phi) is 4.66. The summed E-state index contributed by atoms with van der Waals surface area (Å²) in [6.45, 7) is 0. The van der Waals surface area contributed by atoms with E-state index in [0.717, 1.165) is 25.3 Å². The number of rotatable bonds is 5. The van der Waals surface area contributed by atoms with Crippen LogP contribution >= 0.6 is 11.8 Å². The second-order valence-electron chi connectivity index (χ2n) is 4.92. The number of thioether (sulfide) groups is 1. The molecule has 1 aromatic rings. The molecule has 8 heteroatoms. The quantitative estimate of drug-likeness (QED) is 0.641. The van der Waals surface area contributed by atoms with Gasteiger partial charge >= 0.3 is 5.97 Å². The number of nitro benzene ring substituents is 1. The average Bonchev–Trinajstić information content (AvgIpc) is 2.87. The molecule has 6 nitrogen and oxygen atoms in total. The molecule has 0 saturated heterocycles. The van der Waals surface area contributed by atoms with Crippen molar-refractivity contribution < 1.29 is 19.2 Å². The first kappa shape index (κ1) is 15.6. The maximum Gasteiger partial charge on any atom is 0.338 e. The summed E-state index contributed by atoms with van der Waals surface area (Å²) in [5.41, 5.74) is -0.946. The summed E-state index contributed by atoms with van der Waals surface area (Å²) in [7, 11) is 0. The van der Waals surface area contributed by atoms with Gasteiger partial charge in [0.2, 0.25) is 0 Å². The standard InChI is InChI=1S/C13H15FN2O4S/c1-21-8-3-2-7(4-8)15-11-5-9(13(17)18)10(14)6-12(11)16(19)20/h5-8,15H,2-4H2,1H3,(H,17,18). The molecule has 114 valence electrons. The molecule has 2 N–H and O–H groups in total. The number of carboxylic acids is 1. The van der Waals surface area contributed by atoms with Crippen molar-refractivity contribution in [3.8, 4) is 0 Å². The fourth-order valence-corrected chi connectivity index (χ4v) is 3.30. The van der Waals surface area contributed by atoms with E-state index in [0.29, 0.717) is 11.3 Å². The number of anilines is 1. The molecule has 1 fully saturated rings. The molecule has 0 amide bonds. The van der Waals surface area contributed by atoms with Gasteiger partial charge in [-0.3, -0.25) is 10.1 Å². The van der Waals surface area contributed by atoms with Gasteiger partial charge in [0.25, 0.3) is 5.69 Å². The Morgan fingerprint density at radius 2 is 2.24 bits per heavy atom. The fourth-order valence-electron chi connectivity index (χ4n) is 2.50. The number of hydrogen-bond donors (Lipinski definition) is 2. The van der Waals surface area contributed by atoms with Crippen LogP contribution in [0.3, 0.4) is 0 Å². The third-order valence-electron chi connectivity index (χ3n) is 3.59. The third-order valence-corrected chi connectivity index (χ3v) is 4.68. The van der Waals surface area contributed by atoms with E-state index in [9.17, 15) is 19.3 Å². The molecule has 1 aliphatic rings. The van der Waals surface area contributed by atoms with Crippen LogP contribution in [0.25, 0.3) is 0 Å². The zero-order valence-electron chi connectivity index (χ0n) is 11.3. The molecule has 0 aromatic heterocycles. The highest BCUT2D eigenvalue weighted by Crippen LogP contribution is 2.34. The minimum Gasteiger partial charge on any atom is -0.478 e. The molecule has 0 heterocycles. The van der Waals surface area contributed by atoms with E-state index in [1.165, 1.54) is 0 Å². The normalized spacial score (nSPS) is 21.2. The zero-order chi connectivity index (χ0) is 15.6. The second kappa shape index (κ2) is 6.30. The van der Waals surface area contributed by atoms with Crippen molar-refractivity contribution in [3.05, 3.63) is 33.6 Å². The molecule has 0 aliphatic heterocycles. The van der Waals surface area contributed by atoms with Crippen molar-refractivity contribution in [3.63, 3.8) is 0 Å². The highest BCUT2D eigenvalue weighted by atomic mass is 32.2. The minimum absolute atomic E-state index is 0.0354. The Balaban J connectivity index is 2.30. The monoisotopic (exact) mass is 314 g/mol. The first-order valence-electron chi connectivity index (χ1n) is 6.43. The number of benzene rings is 1. The molecule has 0 radical (unpaired) electrons. The molecule has 1 saturated carbocycles. The number of carbonyl (C=O) groups is 1. The summed E-state index contributed by atoms with van der Waals surface area (Å²) in [6.07, 6.45) is 4.70. The van der Waals surface area contributed by atoms with Crippen molar-refractivity contribution in [2.75, 3.05) is 11.6 Å². The minimum atomic E-state index is -1.45. The number of halogens is 1. The highest BCUT2D eigenvalue weighted by molar-refractivity contribution is 7.99. The lowest BCUT2D eigenvalue weighted by molar-refractivity contribution is -0.384. The fraction of sp³-hybridized carbons (Fsp3) is 0.462. The van der Waals surface area contributed by atoms with Crippen molar-refractivity contribution in [2.45, 2.75) is 30.6 Å². The number of nitro groups is 1. The number of hydrogen-bond acceptors (Lipinski definition) is 5. The summed E-state index contributed by atoms with van der Waals surface area (Å²) in [6, 6.07) is 1.70. The summed E-state index contributed by atoms with van der Waals surface area (Å²) in [4.78, 5) is 21.2. The SMILES string of the molecule is CSC1CCC(Nc2cc(C(=O)O)c(F)cc2[N+](=O)[O-])C1. The third kappa shape index (κ3) is 3.44. The summed E-state index contributed by atoms with van der Waals surface area (Å²) in [5.74, 6) is -2.55. The molecule has 2 unspecified atom stereocenters. The predicted octanol–water partition coefficient (Wildman–Crippen LogP) is 3.13. The lowest BCUT2D eigenvalue weighted by Crippen LogP contribution is -2.17. The molecule has 1 aliphatic carbocycles. The van der Waals surface area contributed by atoms with Gasteiger partial charge in [-0.2, -0.15) is 11.8 Å². The number of nitrogens with one attached hydrogen (secondary N) is 1. The second-order valence-corrected chi connectivity index (χ2v) is 6.06. The lowest BCUT2D eigenvalue weighted by Gasteiger charge is -2.15. The number of carboxylic acid groups (broad SMARTS) is 1. The molecule has 2 atom stereocenters. The largest absolute Gasteiger partial charge is 0.478 e. The Labute approximate surface area is 124 Å². The van der Waals surface area contributed by atoms with Crippen molar-refractivity contribution in [2.24, 2.45) is 0 Å². The highest BCUT2D eigenvalue weighted by Gasteiger charge is 2.27. The van der Waals surface area contributed by atoms with Crippen LogP contribution in [0.2, 0.25) is 0 Å². The van der Waals surface area contributed by atoms with Crippen LogP contribution in [0.5, 0.6) is 0 Å². The number of nitrogens with zero attached hydrogens (tertiary/aromatic N) is 1. The average molecular weight is 314 g/mol.